The minimum Gasteiger partial charge on any atom is -0.548 e. The second-order valence-corrected chi connectivity index (χ2v) is 4.44. The first-order valence-electron chi connectivity index (χ1n) is 4.57. The summed E-state index contributed by atoms with van der Waals surface area (Å²) in [6, 6.07) is 2.44. The van der Waals surface area contributed by atoms with Crippen LogP contribution in [-0.4, -0.2) is 17.9 Å². The number of rotatable bonds is 4. The Bertz CT molecular complexity index is 346. The number of carboxylic acid groups (broad SMARTS) is 1. The Kier molecular flexibility index (Phi) is 3.85. The summed E-state index contributed by atoms with van der Waals surface area (Å²) in [7, 11) is 0. The van der Waals surface area contributed by atoms with Gasteiger partial charge in [0, 0.05) is 0 Å². The Balaban J connectivity index is 2.67. The number of nitrogens with one attached hydrogen (secondary N) is 1. The highest BCUT2D eigenvalue weighted by Gasteiger charge is 2.18. The summed E-state index contributed by atoms with van der Waals surface area (Å²) in [5, 5.41) is 14.9. The van der Waals surface area contributed by atoms with Crippen molar-refractivity contribution in [2.45, 2.75) is 19.9 Å². The molecule has 0 fully saturated rings. The highest BCUT2D eigenvalue weighted by molar-refractivity contribution is 7.12. The number of amides is 1. The first-order valence-corrected chi connectivity index (χ1v) is 5.45. The largest absolute Gasteiger partial charge is 0.548 e. The summed E-state index contributed by atoms with van der Waals surface area (Å²) in [6.45, 7) is 3.43. The third-order valence-electron chi connectivity index (χ3n) is 1.95. The van der Waals surface area contributed by atoms with Gasteiger partial charge in [-0.2, -0.15) is 0 Å². The van der Waals surface area contributed by atoms with Crippen LogP contribution in [0.1, 0.15) is 23.5 Å². The molecule has 0 radical (unpaired) electrons. The normalized spacial score (nSPS) is 12.5. The second kappa shape index (κ2) is 4.93. The Morgan fingerprint density at radius 2 is 2.13 bits per heavy atom. The second-order valence-electron chi connectivity index (χ2n) is 3.49. The van der Waals surface area contributed by atoms with Gasteiger partial charge >= 0.3 is 0 Å². The van der Waals surface area contributed by atoms with Crippen molar-refractivity contribution >= 4 is 23.2 Å². The Morgan fingerprint density at radius 3 is 2.53 bits per heavy atom. The van der Waals surface area contributed by atoms with Crippen LogP contribution in [0.2, 0.25) is 0 Å². The lowest BCUT2D eigenvalue weighted by molar-refractivity contribution is -0.309. The van der Waals surface area contributed by atoms with Crippen molar-refractivity contribution in [2.24, 2.45) is 5.92 Å². The maximum absolute atomic E-state index is 11.5. The number of carboxylic acids is 1. The third-order valence-corrected chi connectivity index (χ3v) is 2.82. The molecule has 0 spiro atoms. The Hall–Kier alpha value is -1.36. The van der Waals surface area contributed by atoms with Crippen LogP contribution >= 0.6 is 11.3 Å². The van der Waals surface area contributed by atoms with Crippen LogP contribution in [0.25, 0.3) is 0 Å². The zero-order chi connectivity index (χ0) is 11.4. The number of thiophene rings is 1. The molecule has 0 aliphatic carbocycles. The smallest absolute Gasteiger partial charge is 0.261 e. The van der Waals surface area contributed by atoms with Crippen molar-refractivity contribution in [2.75, 3.05) is 0 Å². The molecule has 1 rings (SSSR count). The van der Waals surface area contributed by atoms with Crippen LogP contribution in [-0.2, 0) is 4.79 Å². The molecule has 0 aliphatic rings. The molecule has 1 heterocycles. The van der Waals surface area contributed by atoms with E-state index in [-0.39, 0.29) is 11.8 Å². The Labute approximate surface area is 91.9 Å². The minimum absolute atomic E-state index is 0.195. The van der Waals surface area contributed by atoms with Gasteiger partial charge in [-0.25, -0.2) is 0 Å². The summed E-state index contributed by atoms with van der Waals surface area (Å²) in [4.78, 5) is 22.8. The van der Waals surface area contributed by atoms with Gasteiger partial charge in [-0.1, -0.05) is 19.9 Å². The summed E-state index contributed by atoms with van der Waals surface area (Å²) in [5.74, 6) is -1.82. The molecule has 1 amide bonds. The van der Waals surface area contributed by atoms with Crippen molar-refractivity contribution in [3.8, 4) is 0 Å². The lowest BCUT2D eigenvalue weighted by Crippen LogP contribution is -2.50. The van der Waals surface area contributed by atoms with Crippen molar-refractivity contribution in [1.29, 1.82) is 0 Å². The van der Waals surface area contributed by atoms with Gasteiger partial charge in [0.2, 0.25) is 0 Å². The molecule has 1 aromatic heterocycles. The summed E-state index contributed by atoms with van der Waals surface area (Å²) in [6.07, 6.45) is 0. The predicted octanol–water partition coefficient (Wildman–Crippen LogP) is 0.252. The van der Waals surface area contributed by atoms with E-state index in [0.717, 1.165) is 0 Å². The molecule has 0 aromatic carbocycles. The average Bonchev–Trinajstić information content (AvgIpc) is 2.65. The quantitative estimate of drug-likeness (QED) is 0.800. The van der Waals surface area contributed by atoms with Gasteiger partial charge < -0.3 is 15.2 Å². The molecule has 0 aliphatic heterocycles. The molecule has 0 bridgehead atoms. The van der Waals surface area contributed by atoms with Crippen LogP contribution in [0.15, 0.2) is 17.5 Å². The number of carbonyl (C=O) groups excluding carboxylic acids is 2. The molecule has 4 nitrogen and oxygen atoms in total. The lowest BCUT2D eigenvalue weighted by atomic mass is 10.0. The van der Waals surface area contributed by atoms with Crippen LogP contribution in [0.4, 0.5) is 0 Å². The van der Waals surface area contributed by atoms with Crippen molar-refractivity contribution < 1.29 is 14.7 Å². The molecule has 1 atom stereocenters. The Morgan fingerprint density at radius 1 is 1.47 bits per heavy atom. The minimum atomic E-state index is -1.25. The fraction of sp³-hybridized carbons (Fsp3) is 0.400. The molecule has 5 heteroatoms. The van der Waals surface area contributed by atoms with Gasteiger partial charge in [-0.15, -0.1) is 11.3 Å². The number of hydrogen-bond acceptors (Lipinski definition) is 4. The zero-order valence-electron chi connectivity index (χ0n) is 8.52. The number of hydrogen-bond donors (Lipinski definition) is 1. The molecule has 15 heavy (non-hydrogen) atoms. The van der Waals surface area contributed by atoms with Crippen LogP contribution in [0.5, 0.6) is 0 Å². The first kappa shape index (κ1) is 11.7. The van der Waals surface area contributed by atoms with E-state index in [0.29, 0.717) is 4.88 Å². The third kappa shape index (κ3) is 3.06. The SMILES string of the molecule is CC(C)[C@H](NC(=O)c1cccs1)C(=O)[O-]. The molecular formula is C10H12NO3S-. The molecule has 82 valence electrons. The molecule has 1 aromatic rings. The fourth-order valence-electron chi connectivity index (χ4n) is 1.12. The van der Waals surface area contributed by atoms with Crippen molar-refractivity contribution in [3.63, 3.8) is 0 Å². The maximum atomic E-state index is 11.5. The van der Waals surface area contributed by atoms with E-state index in [1.165, 1.54) is 11.3 Å². The maximum Gasteiger partial charge on any atom is 0.261 e. The van der Waals surface area contributed by atoms with Gasteiger partial charge in [0.15, 0.2) is 0 Å². The highest BCUT2D eigenvalue weighted by Crippen LogP contribution is 2.09. The summed E-state index contributed by atoms with van der Waals surface area (Å²) in [5.41, 5.74) is 0. The average molecular weight is 226 g/mol. The molecular weight excluding hydrogens is 214 g/mol. The van der Waals surface area contributed by atoms with Gasteiger partial charge in [-0.3, -0.25) is 4.79 Å². The topological polar surface area (TPSA) is 69.2 Å². The van der Waals surface area contributed by atoms with E-state index in [9.17, 15) is 14.7 Å². The van der Waals surface area contributed by atoms with E-state index in [2.05, 4.69) is 5.32 Å². The first-order chi connectivity index (χ1) is 7.02. The highest BCUT2D eigenvalue weighted by atomic mass is 32.1. The monoisotopic (exact) mass is 226 g/mol. The van der Waals surface area contributed by atoms with Gasteiger partial charge in [-0.05, 0) is 17.4 Å². The van der Waals surface area contributed by atoms with Crippen LogP contribution < -0.4 is 10.4 Å². The van der Waals surface area contributed by atoms with Crippen LogP contribution in [0.3, 0.4) is 0 Å². The van der Waals surface area contributed by atoms with Gasteiger partial charge in [0.25, 0.3) is 5.91 Å². The van der Waals surface area contributed by atoms with E-state index >= 15 is 0 Å². The predicted molar refractivity (Wildman–Crippen MR) is 55.4 cm³/mol. The van der Waals surface area contributed by atoms with Gasteiger partial charge in [0.1, 0.15) is 0 Å². The molecule has 1 N–H and O–H groups in total. The van der Waals surface area contributed by atoms with Crippen molar-refractivity contribution in [3.05, 3.63) is 22.4 Å². The summed E-state index contributed by atoms with van der Waals surface area (Å²) < 4.78 is 0. The molecule has 0 saturated carbocycles. The fourth-order valence-corrected chi connectivity index (χ4v) is 1.74. The van der Waals surface area contributed by atoms with Crippen LogP contribution in [0, 0.1) is 5.92 Å². The zero-order valence-corrected chi connectivity index (χ0v) is 9.34. The van der Waals surface area contributed by atoms with Crippen molar-refractivity contribution in [1.82, 2.24) is 5.32 Å². The lowest BCUT2D eigenvalue weighted by Gasteiger charge is -2.22. The number of aliphatic carboxylic acids is 1. The summed E-state index contributed by atoms with van der Waals surface area (Å²) >= 11 is 1.27. The van der Waals surface area contributed by atoms with E-state index in [1.54, 1.807) is 31.4 Å². The van der Waals surface area contributed by atoms with E-state index < -0.39 is 12.0 Å². The molecule has 0 unspecified atom stereocenters. The van der Waals surface area contributed by atoms with Gasteiger partial charge in [0.05, 0.1) is 16.9 Å². The standard InChI is InChI=1S/C10H13NO3S/c1-6(2)8(10(13)14)11-9(12)7-4-3-5-15-7/h3-6,8H,1-2H3,(H,11,12)(H,13,14)/p-1/t8-/m0/s1. The van der Waals surface area contributed by atoms with E-state index in [4.69, 9.17) is 0 Å². The number of carbonyl (C=O) groups is 2. The molecule has 0 saturated heterocycles. The van der Waals surface area contributed by atoms with E-state index in [1.807, 2.05) is 0 Å².